The normalized spacial score (nSPS) is 9.94. The molecular weight excluding hydrogens is 202 g/mol. The topological polar surface area (TPSA) is 58.4 Å². The average molecular weight is 221 g/mol. The van der Waals surface area contributed by atoms with Crippen LogP contribution in [0.15, 0.2) is 18.2 Å². The van der Waals surface area contributed by atoms with Crippen LogP contribution in [-0.2, 0) is 0 Å². The minimum absolute atomic E-state index is 0.0894. The van der Waals surface area contributed by atoms with Crippen molar-refractivity contribution in [1.29, 1.82) is 0 Å². The number of carbonyl (C=O) groups is 1. The molecule has 0 radical (unpaired) electrons. The number of amides is 1. The molecule has 0 aliphatic rings. The zero-order chi connectivity index (χ0) is 12.1. The number of nitrogen functional groups attached to an aromatic ring is 1. The fourth-order valence-electron chi connectivity index (χ4n) is 1.67. The third kappa shape index (κ3) is 2.45. The summed E-state index contributed by atoms with van der Waals surface area (Å²) in [6.45, 7) is 5.88. The zero-order valence-electron chi connectivity index (χ0n) is 10.1. The number of nitrogens with one attached hydrogen (secondary N) is 1. The molecule has 4 heteroatoms. The molecule has 1 aromatic rings. The molecule has 0 aliphatic heterocycles. The molecule has 0 unspecified atom stereocenters. The van der Waals surface area contributed by atoms with Gasteiger partial charge in [-0.3, -0.25) is 4.79 Å². The molecule has 0 aliphatic carbocycles. The minimum atomic E-state index is -0.0894. The first-order chi connectivity index (χ1) is 7.63. The predicted octanol–water partition coefficient (Wildman–Crippen LogP) is 1.47. The van der Waals surface area contributed by atoms with Crippen LogP contribution in [0, 0.1) is 0 Å². The second-order valence-corrected chi connectivity index (χ2v) is 3.53. The van der Waals surface area contributed by atoms with Crippen molar-refractivity contribution in [3.8, 4) is 0 Å². The largest absolute Gasteiger partial charge is 0.397 e. The molecule has 3 N–H and O–H groups in total. The van der Waals surface area contributed by atoms with Gasteiger partial charge in [0, 0.05) is 25.7 Å². The van der Waals surface area contributed by atoms with Gasteiger partial charge in [-0.15, -0.1) is 0 Å². The highest BCUT2D eigenvalue weighted by Crippen LogP contribution is 2.24. The molecule has 0 saturated carbocycles. The Hall–Kier alpha value is -1.71. The lowest BCUT2D eigenvalue weighted by Crippen LogP contribution is -2.24. The number of nitrogens with two attached hydrogens (primary N) is 1. The Balaban J connectivity index is 3.12. The molecule has 88 valence electrons. The summed E-state index contributed by atoms with van der Waals surface area (Å²) >= 11 is 0. The van der Waals surface area contributed by atoms with Gasteiger partial charge in [0.1, 0.15) is 0 Å². The van der Waals surface area contributed by atoms with Crippen LogP contribution >= 0.6 is 0 Å². The summed E-state index contributed by atoms with van der Waals surface area (Å²) < 4.78 is 0. The Bertz CT molecular complexity index is 373. The minimum Gasteiger partial charge on any atom is -0.397 e. The van der Waals surface area contributed by atoms with E-state index in [1.165, 1.54) is 0 Å². The van der Waals surface area contributed by atoms with Crippen molar-refractivity contribution >= 4 is 17.3 Å². The quantitative estimate of drug-likeness (QED) is 0.757. The van der Waals surface area contributed by atoms with Crippen LogP contribution in [0.3, 0.4) is 0 Å². The lowest BCUT2D eigenvalue weighted by molar-refractivity contribution is 0.0963. The van der Waals surface area contributed by atoms with Gasteiger partial charge in [-0.25, -0.2) is 0 Å². The molecule has 16 heavy (non-hydrogen) atoms. The number of nitrogens with zero attached hydrogens (tertiary/aromatic N) is 1. The van der Waals surface area contributed by atoms with E-state index in [4.69, 9.17) is 5.73 Å². The second kappa shape index (κ2) is 5.39. The molecule has 0 heterocycles. The zero-order valence-corrected chi connectivity index (χ0v) is 10.1. The van der Waals surface area contributed by atoms with Crippen molar-refractivity contribution < 1.29 is 4.79 Å². The van der Waals surface area contributed by atoms with Gasteiger partial charge in [0.15, 0.2) is 0 Å². The Morgan fingerprint density at radius 1 is 1.38 bits per heavy atom. The summed E-state index contributed by atoms with van der Waals surface area (Å²) in [4.78, 5) is 13.6. The maximum Gasteiger partial charge on any atom is 0.251 e. The van der Waals surface area contributed by atoms with E-state index in [0.29, 0.717) is 11.3 Å². The molecule has 1 aromatic carbocycles. The van der Waals surface area contributed by atoms with Crippen molar-refractivity contribution in [1.82, 2.24) is 5.32 Å². The lowest BCUT2D eigenvalue weighted by atomic mass is 10.1. The maximum absolute atomic E-state index is 11.5. The van der Waals surface area contributed by atoms with E-state index >= 15 is 0 Å². The summed E-state index contributed by atoms with van der Waals surface area (Å²) in [6.07, 6.45) is 0. The van der Waals surface area contributed by atoms with Gasteiger partial charge in [0.2, 0.25) is 0 Å². The van der Waals surface area contributed by atoms with E-state index < -0.39 is 0 Å². The molecule has 0 aromatic heterocycles. The molecule has 1 amide bonds. The predicted molar refractivity (Wildman–Crippen MR) is 67.8 cm³/mol. The number of carbonyl (C=O) groups excluding carboxylic acids is 1. The number of rotatable bonds is 4. The second-order valence-electron chi connectivity index (χ2n) is 3.53. The Morgan fingerprint density at radius 3 is 2.50 bits per heavy atom. The molecule has 0 saturated heterocycles. The fourth-order valence-corrected chi connectivity index (χ4v) is 1.67. The fraction of sp³-hybridized carbons (Fsp3) is 0.417. The Kier molecular flexibility index (Phi) is 4.17. The summed E-state index contributed by atoms with van der Waals surface area (Å²) in [7, 11) is 1.62. The van der Waals surface area contributed by atoms with Crippen LogP contribution in [0.25, 0.3) is 0 Å². The first-order valence-electron chi connectivity index (χ1n) is 5.50. The molecule has 0 atom stereocenters. The third-order valence-electron chi connectivity index (χ3n) is 2.62. The molecule has 1 rings (SSSR count). The van der Waals surface area contributed by atoms with Gasteiger partial charge in [-0.2, -0.15) is 0 Å². The highest BCUT2D eigenvalue weighted by molar-refractivity contribution is 5.96. The molecule has 0 bridgehead atoms. The molecule has 0 spiro atoms. The number of hydrogen-bond donors (Lipinski definition) is 2. The first-order valence-corrected chi connectivity index (χ1v) is 5.50. The SMILES string of the molecule is CCN(CC)c1cc(C(=O)NC)ccc1N. The van der Waals surface area contributed by atoms with E-state index in [9.17, 15) is 4.79 Å². The van der Waals surface area contributed by atoms with Crippen molar-refractivity contribution in [3.63, 3.8) is 0 Å². The standard InChI is InChI=1S/C12H19N3O/c1-4-15(5-2)11-8-9(12(16)14-3)6-7-10(11)13/h6-8H,4-5,13H2,1-3H3,(H,14,16). The number of hydrogen-bond acceptors (Lipinski definition) is 3. The monoisotopic (exact) mass is 221 g/mol. The van der Waals surface area contributed by atoms with Crippen molar-refractivity contribution in [3.05, 3.63) is 23.8 Å². The number of benzene rings is 1. The third-order valence-corrected chi connectivity index (χ3v) is 2.62. The van der Waals surface area contributed by atoms with E-state index in [-0.39, 0.29) is 5.91 Å². The molecule has 0 fully saturated rings. The molecular formula is C12H19N3O. The van der Waals surface area contributed by atoms with Crippen LogP contribution in [-0.4, -0.2) is 26.0 Å². The maximum atomic E-state index is 11.5. The summed E-state index contributed by atoms with van der Waals surface area (Å²) in [6, 6.07) is 5.35. The van der Waals surface area contributed by atoms with Crippen LogP contribution in [0.2, 0.25) is 0 Å². The van der Waals surface area contributed by atoms with Gasteiger partial charge in [-0.05, 0) is 32.0 Å². The number of anilines is 2. The lowest BCUT2D eigenvalue weighted by Gasteiger charge is -2.23. The highest BCUT2D eigenvalue weighted by Gasteiger charge is 2.10. The van der Waals surface area contributed by atoms with Gasteiger partial charge in [0.05, 0.1) is 11.4 Å². The van der Waals surface area contributed by atoms with E-state index in [2.05, 4.69) is 24.1 Å². The van der Waals surface area contributed by atoms with Crippen molar-refractivity contribution in [2.45, 2.75) is 13.8 Å². The first kappa shape index (κ1) is 12.4. The van der Waals surface area contributed by atoms with E-state index in [1.807, 2.05) is 6.07 Å². The van der Waals surface area contributed by atoms with Crippen molar-refractivity contribution in [2.75, 3.05) is 30.8 Å². The van der Waals surface area contributed by atoms with E-state index in [1.54, 1.807) is 19.2 Å². The van der Waals surface area contributed by atoms with Gasteiger partial charge < -0.3 is 16.0 Å². The Labute approximate surface area is 96.4 Å². The summed E-state index contributed by atoms with van der Waals surface area (Å²) in [5, 5.41) is 2.60. The molecule has 4 nitrogen and oxygen atoms in total. The smallest absolute Gasteiger partial charge is 0.251 e. The van der Waals surface area contributed by atoms with Gasteiger partial charge in [0.25, 0.3) is 5.91 Å². The summed E-state index contributed by atoms with van der Waals surface area (Å²) in [5.74, 6) is -0.0894. The van der Waals surface area contributed by atoms with Crippen LogP contribution in [0.5, 0.6) is 0 Å². The van der Waals surface area contributed by atoms with Gasteiger partial charge in [-0.1, -0.05) is 0 Å². The average Bonchev–Trinajstić information content (AvgIpc) is 2.32. The van der Waals surface area contributed by atoms with Gasteiger partial charge >= 0.3 is 0 Å². The van der Waals surface area contributed by atoms with Crippen LogP contribution < -0.4 is 16.0 Å². The summed E-state index contributed by atoms with van der Waals surface area (Å²) in [5.41, 5.74) is 8.17. The highest BCUT2D eigenvalue weighted by atomic mass is 16.1. The van der Waals surface area contributed by atoms with E-state index in [0.717, 1.165) is 18.8 Å². The van der Waals surface area contributed by atoms with Crippen molar-refractivity contribution in [2.24, 2.45) is 0 Å². The Morgan fingerprint density at radius 2 is 2.00 bits per heavy atom. The van der Waals surface area contributed by atoms with Crippen LogP contribution in [0.1, 0.15) is 24.2 Å². The van der Waals surface area contributed by atoms with Crippen LogP contribution in [0.4, 0.5) is 11.4 Å².